The van der Waals surface area contributed by atoms with Crippen LogP contribution in [0.5, 0.6) is 5.75 Å². The van der Waals surface area contributed by atoms with Gasteiger partial charge in [0.2, 0.25) is 0 Å². The molecule has 0 aliphatic carbocycles. The zero-order chi connectivity index (χ0) is 18.0. The molecule has 0 atom stereocenters. The minimum absolute atomic E-state index is 0.342. The number of amides is 2. The number of hydrazine groups is 1. The Hall–Kier alpha value is -2.80. The third-order valence-corrected chi connectivity index (χ3v) is 4.24. The van der Waals surface area contributed by atoms with Crippen molar-refractivity contribution in [2.75, 3.05) is 7.11 Å². The SMILES string of the molecule is COc1cc2ccccc2cc1C(=O)NNC(=O)c1cc(Br)cn1C. The van der Waals surface area contributed by atoms with E-state index >= 15 is 0 Å². The fourth-order valence-corrected chi connectivity index (χ4v) is 3.08. The van der Waals surface area contributed by atoms with Crippen molar-refractivity contribution in [2.24, 2.45) is 7.05 Å². The van der Waals surface area contributed by atoms with Crippen LogP contribution in [0, 0.1) is 0 Å². The number of ether oxygens (including phenoxy) is 1. The van der Waals surface area contributed by atoms with E-state index in [1.54, 1.807) is 36.0 Å². The molecule has 0 radical (unpaired) electrons. The van der Waals surface area contributed by atoms with Crippen molar-refractivity contribution in [1.82, 2.24) is 15.4 Å². The zero-order valence-electron chi connectivity index (χ0n) is 13.7. The summed E-state index contributed by atoms with van der Waals surface area (Å²) in [5.41, 5.74) is 5.60. The van der Waals surface area contributed by atoms with E-state index in [0.717, 1.165) is 15.2 Å². The lowest BCUT2D eigenvalue weighted by Crippen LogP contribution is -2.42. The lowest BCUT2D eigenvalue weighted by atomic mass is 10.1. The molecule has 0 unspecified atom stereocenters. The van der Waals surface area contributed by atoms with Gasteiger partial charge in [0.15, 0.2) is 0 Å². The molecule has 0 aliphatic rings. The van der Waals surface area contributed by atoms with Gasteiger partial charge < -0.3 is 9.30 Å². The maximum Gasteiger partial charge on any atom is 0.286 e. The Labute approximate surface area is 152 Å². The maximum atomic E-state index is 12.5. The molecule has 0 bridgehead atoms. The number of halogens is 1. The molecule has 2 N–H and O–H groups in total. The van der Waals surface area contributed by atoms with Crippen molar-refractivity contribution in [1.29, 1.82) is 0 Å². The Morgan fingerprint density at radius 3 is 2.28 bits per heavy atom. The summed E-state index contributed by atoms with van der Waals surface area (Å²) in [6.07, 6.45) is 1.75. The maximum absolute atomic E-state index is 12.5. The van der Waals surface area contributed by atoms with Crippen LogP contribution in [-0.4, -0.2) is 23.5 Å². The van der Waals surface area contributed by atoms with Gasteiger partial charge in [-0.15, -0.1) is 0 Å². The van der Waals surface area contributed by atoms with Gasteiger partial charge in [-0.05, 0) is 44.9 Å². The first-order chi connectivity index (χ1) is 12.0. The smallest absolute Gasteiger partial charge is 0.286 e. The van der Waals surface area contributed by atoms with Crippen LogP contribution in [-0.2, 0) is 7.05 Å². The van der Waals surface area contributed by atoms with Crippen molar-refractivity contribution in [3.05, 3.63) is 64.4 Å². The highest BCUT2D eigenvalue weighted by Gasteiger charge is 2.16. The second kappa shape index (κ2) is 6.98. The highest BCUT2D eigenvalue weighted by atomic mass is 79.9. The summed E-state index contributed by atoms with van der Waals surface area (Å²) in [6.45, 7) is 0. The van der Waals surface area contributed by atoms with Crippen LogP contribution < -0.4 is 15.6 Å². The number of aromatic nitrogens is 1. The molecule has 0 aliphatic heterocycles. The van der Waals surface area contributed by atoms with Crippen molar-refractivity contribution in [2.45, 2.75) is 0 Å². The van der Waals surface area contributed by atoms with Gasteiger partial charge in [-0.1, -0.05) is 24.3 Å². The Kier molecular flexibility index (Phi) is 4.76. The van der Waals surface area contributed by atoms with Gasteiger partial charge in [0.25, 0.3) is 11.8 Å². The molecule has 1 aromatic heterocycles. The van der Waals surface area contributed by atoms with Crippen LogP contribution in [0.2, 0.25) is 0 Å². The highest BCUT2D eigenvalue weighted by Crippen LogP contribution is 2.25. The average molecular weight is 402 g/mol. The Morgan fingerprint density at radius 1 is 1.04 bits per heavy atom. The third kappa shape index (κ3) is 3.51. The van der Waals surface area contributed by atoms with Gasteiger partial charge in [0.05, 0.1) is 12.7 Å². The lowest BCUT2D eigenvalue weighted by molar-refractivity contribution is 0.0840. The quantitative estimate of drug-likeness (QED) is 0.662. The van der Waals surface area contributed by atoms with Crippen LogP contribution in [0.25, 0.3) is 10.8 Å². The number of benzene rings is 2. The Bertz CT molecular complexity index is 965. The first-order valence-corrected chi connectivity index (χ1v) is 8.28. The van der Waals surface area contributed by atoms with Crippen LogP contribution in [0.1, 0.15) is 20.8 Å². The second-order valence-electron chi connectivity index (χ2n) is 5.46. The average Bonchev–Trinajstić information content (AvgIpc) is 2.96. The van der Waals surface area contributed by atoms with E-state index in [1.165, 1.54) is 7.11 Å². The molecule has 7 heteroatoms. The number of hydrogen-bond acceptors (Lipinski definition) is 3. The predicted octanol–water partition coefficient (Wildman–Crippen LogP) is 3.02. The molecular weight excluding hydrogens is 386 g/mol. The molecule has 128 valence electrons. The van der Waals surface area contributed by atoms with E-state index in [1.807, 2.05) is 24.3 Å². The molecule has 6 nitrogen and oxygen atoms in total. The number of nitrogens with zero attached hydrogens (tertiary/aromatic N) is 1. The van der Waals surface area contributed by atoms with Gasteiger partial charge in [-0.25, -0.2) is 0 Å². The van der Waals surface area contributed by atoms with Crippen molar-refractivity contribution >= 4 is 38.5 Å². The molecule has 0 saturated heterocycles. The van der Waals surface area contributed by atoms with Crippen molar-refractivity contribution < 1.29 is 14.3 Å². The zero-order valence-corrected chi connectivity index (χ0v) is 15.3. The normalized spacial score (nSPS) is 10.5. The van der Waals surface area contributed by atoms with Crippen LogP contribution in [0.15, 0.2) is 53.1 Å². The van der Waals surface area contributed by atoms with E-state index in [9.17, 15) is 9.59 Å². The van der Waals surface area contributed by atoms with Gasteiger partial charge in [-0.3, -0.25) is 20.4 Å². The topological polar surface area (TPSA) is 72.4 Å². The first-order valence-electron chi connectivity index (χ1n) is 7.49. The van der Waals surface area contributed by atoms with Gasteiger partial charge in [0.1, 0.15) is 11.4 Å². The van der Waals surface area contributed by atoms with E-state index in [4.69, 9.17) is 4.74 Å². The molecule has 1 heterocycles. The fraction of sp³-hybridized carbons (Fsp3) is 0.111. The molecule has 0 fully saturated rings. The minimum Gasteiger partial charge on any atom is -0.496 e. The molecular formula is C18H16BrN3O3. The summed E-state index contributed by atoms with van der Waals surface area (Å²) < 4.78 is 7.74. The molecule has 0 saturated carbocycles. The number of methoxy groups -OCH3 is 1. The molecule has 3 aromatic rings. The van der Waals surface area contributed by atoms with E-state index in [0.29, 0.717) is 17.0 Å². The standard InChI is InChI=1S/C18H16BrN3O3/c1-22-10-13(19)9-15(22)18(24)21-20-17(23)14-7-11-5-3-4-6-12(11)8-16(14)25-2/h3-10H,1-2H3,(H,20,23)(H,21,24). The van der Waals surface area contributed by atoms with Crippen molar-refractivity contribution in [3.8, 4) is 5.75 Å². The number of fused-ring (bicyclic) bond motifs is 1. The minimum atomic E-state index is -0.454. The molecule has 25 heavy (non-hydrogen) atoms. The highest BCUT2D eigenvalue weighted by molar-refractivity contribution is 9.10. The van der Waals surface area contributed by atoms with E-state index in [-0.39, 0.29) is 0 Å². The van der Waals surface area contributed by atoms with Gasteiger partial charge in [-0.2, -0.15) is 0 Å². The van der Waals surface area contributed by atoms with Crippen LogP contribution in [0.4, 0.5) is 0 Å². The summed E-state index contributed by atoms with van der Waals surface area (Å²) in [5.74, 6) is -0.433. The first kappa shape index (κ1) is 17.0. The predicted molar refractivity (Wildman–Crippen MR) is 98.5 cm³/mol. The summed E-state index contributed by atoms with van der Waals surface area (Å²) in [7, 11) is 3.24. The number of nitrogens with one attached hydrogen (secondary N) is 2. The van der Waals surface area contributed by atoms with Gasteiger partial charge >= 0.3 is 0 Å². The number of rotatable bonds is 3. The molecule has 2 aromatic carbocycles. The second-order valence-corrected chi connectivity index (χ2v) is 6.38. The summed E-state index contributed by atoms with van der Waals surface area (Å²) in [4.78, 5) is 24.7. The number of carbonyl (C=O) groups is 2. The molecule has 3 rings (SSSR count). The monoisotopic (exact) mass is 401 g/mol. The number of aryl methyl sites for hydroxylation is 1. The van der Waals surface area contributed by atoms with Gasteiger partial charge in [0, 0.05) is 17.7 Å². The Morgan fingerprint density at radius 2 is 1.68 bits per heavy atom. The fourth-order valence-electron chi connectivity index (χ4n) is 2.56. The summed E-state index contributed by atoms with van der Waals surface area (Å²) in [5, 5.41) is 1.87. The lowest BCUT2D eigenvalue weighted by Gasteiger charge is -2.12. The largest absolute Gasteiger partial charge is 0.496 e. The number of hydrogen-bond donors (Lipinski definition) is 2. The summed E-state index contributed by atoms with van der Waals surface area (Å²) in [6, 6.07) is 12.8. The van der Waals surface area contributed by atoms with E-state index < -0.39 is 11.8 Å². The molecule has 2 amide bonds. The van der Waals surface area contributed by atoms with Crippen LogP contribution >= 0.6 is 15.9 Å². The summed E-state index contributed by atoms with van der Waals surface area (Å²) >= 11 is 3.31. The molecule has 0 spiro atoms. The Balaban J connectivity index is 1.80. The number of carbonyl (C=O) groups excluding carboxylic acids is 2. The van der Waals surface area contributed by atoms with E-state index in [2.05, 4.69) is 26.8 Å². The van der Waals surface area contributed by atoms with Crippen LogP contribution in [0.3, 0.4) is 0 Å². The van der Waals surface area contributed by atoms with Crippen molar-refractivity contribution in [3.63, 3.8) is 0 Å². The third-order valence-electron chi connectivity index (χ3n) is 3.81.